The number of ether oxygens (including phenoxy) is 2. The number of benzene rings is 1. The summed E-state index contributed by atoms with van der Waals surface area (Å²) in [5, 5.41) is 14.5. The monoisotopic (exact) mass is 414 g/mol. The quantitative estimate of drug-likeness (QED) is 0.735. The molecular formula is C21H30N6O3. The Hall–Kier alpha value is -2.52. The van der Waals surface area contributed by atoms with Gasteiger partial charge in [0, 0.05) is 37.8 Å². The van der Waals surface area contributed by atoms with Crippen molar-refractivity contribution < 1.29 is 14.3 Å². The number of carbonyl (C=O) groups excluding carboxylic acids is 1. The van der Waals surface area contributed by atoms with Crippen LogP contribution in [-0.2, 0) is 18.4 Å². The summed E-state index contributed by atoms with van der Waals surface area (Å²) in [5.74, 6) is 1.27. The third-order valence-corrected chi connectivity index (χ3v) is 6.24. The van der Waals surface area contributed by atoms with Crippen molar-refractivity contribution in [3.63, 3.8) is 0 Å². The van der Waals surface area contributed by atoms with Gasteiger partial charge in [0.2, 0.25) is 0 Å². The number of morpholine rings is 1. The molecule has 162 valence electrons. The van der Waals surface area contributed by atoms with Crippen LogP contribution in [0.4, 0.5) is 0 Å². The van der Waals surface area contributed by atoms with Gasteiger partial charge in [0.1, 0.15) is 12.4 Å². The first-order valence-corrected chi connectivity index (χ1v) is 10.7. The Morgan fingerprint density at radius 1 is 1.17 bits per heavy atom. The molecule has 0 unspecified atom stereocenters. The van der Waals surface area contributed by atoms with Crippen molar-refractivity contribution in [3.05, 3.63) is 35.7 Å². The van der Waals surface area contributed by atoms with Crippen molar-refractivity contribution >= 4 is 5.91 Å². The van der Waals surface area contributed by atoms with Crippen molar-refractivity contribution in [3.8, 4) is 5.75 Å². The van der Waals surface area contributed by atoms with Gasteiger partial charge in [-0.1, -0.05) is 19.3 Å². The van der Waals surface area contributed by atoms with E-state index in [1.54, 1.807) is 36.0 Å². The molecule has 9 heteroatoms. The van der Waals surface area contributed by atoms with E-state index < -0.39 is 0 Å². The van der Waals surface area contributed by atoms with Gasteiger partial charge in [-0.15, -0.1) is 5.10 Å². The van der Waals surface area contributed by atoms with Crippen LogP contribution >= 0.6 is 0 Å². The van der Waals surface area contributed by atoms with Gasteiger partial charge < -0.3 is 14.8 Å². The van der Waals surface area contributed by atoms with Crippen LogP contribution in [0.25, 0.3) is 0 Å². The molecule has 1 aliphatic heterocycles. The molecule has 30 heavy (non-hydrogen) atoms. The molecule has 4 rings (SSSR count). The molecule has 0 bridgehead atoms. The summed E-state index contributed by atoms with van der Waals surface area (Å²) < 4.78 is 12.8. The van der Waals surface area contributed by atoms with E-state index in [0.717, 1.165) is 39.1 Å². The van der Waals surface area contributed by atoms with Crippen LogP contribution < -0.4 is 10.1 Å². The number of nitrogens with one attached hydrogen (secondary N) is 1. The number of carbonyl (C=O) groups is 1. The van der Waals surface area contributed by atoms with Crippen molar-refractivity contribution in [2.75, 3.05) is 32.8 Å². The highest BCUT2D eigenvalue weighted by Crippen LogP contribution is 2.34. The van der Waals surface area contributed by atoms with E-state index in [1.165, 1.54) is 19.3 Å². The Kier molecular flexibility index (Phi) is 6.59. The average molecular weight is 415 g/mol. The summed E-state index contributed by atoms with van der Waals surface area (Å²) in [4.78, 5) is 15.3. The minimum absolute atomic E-state index is 0.0442. The van der Waals surface area contributed by atoms with E-state index in [-0.39, 0.29) is 18.1 Å². The van der Waals surface area contributed by atoms with E-state index >= 15 is 0 Å². The van der Waals surface area contributed by atoms with Crippen molar-refractivity contribution in [1.82, 2.24) is 30.4 Å². The summed E-state index contributed by atoms with van der Waals surface area (Å²) in [7, 11) is 1.77. The molecule has 0 radical (unpaired) electrons. The normalized spacial score (nSPS) is 19.4. The lowest BCUT2D eigenvalue weighted by Gasteiger charge is -2.48. The molecule has 0 atom stereocenters. The SMILES string of the molecule is Cn1nnnc1COc1ccc(C(=O)NCC2(N3CCOCC3)CCCCC2)cc1. The van der Waals surface area contributed by atoms with Gasteiger partial charge >= 0.3 is 0 Å². The van der Waals surface area contributed by atoms with Gasteiger partial charge in [-0.25, -0.2) is 4.68 Å². The molecule has 1 aromatic heterocycles. The second-order valence-corrected chi connectivity index (χ2v) is 8.10. The molecular weight excluding hydrogens is 384 g/mol. The molecule has 1 N–H and O–H groups in total. The van der Waals surface area contributed by atoms with Gasteiger partial charge in [-0.3, -0.25) is 9.69 Å². The van der Waals surface area contributed by atoms with Crippen molar-refractivity contribution in [1.29, 1.82) is 0 Å². The first-order valence-electron chi connectivity index (χ1n) is 10.7. The Morgan fingerprint density at radius 2 is 1.90 bits per heavy atom. The highest BCUT2D eigenvalue weighted by atomic mass is 16.5. The zero-order valence-corrected chi connectivity index (χ0v) is 17.5. The Morgan fingerprint density at radius 3 is 2.57 bits per heavy atom. The maximum absolute atomic E-state index is 12.8. The highest BCUT2D eigenvalue weighted by molar-refractivity contribution is 5.94. The number of nitrogens with zero attached hydrogens (tertiary/aromatic N) is 5. The fourth-order valence-corrected chi connectivity index (χ4v) is 4.42. The number of tetrazole rings is 1. The van der Waals surface area contributed by atoms with Crippen LogP contribution in [0.15, 0.2) is 24.3 Å². The van der Waals surface area contributed by atoms with E-state index in [9.17, 15) is 4.79 Å². The number of amides is 1. The third-order valence-electron chi connectivity index (χ3n) is 6.24. The summed E-state index contributed by atoms with van der Waals surface area (Å²) in [6.45, 7) is 4.41. The van der Waals surface area contributed by atoms with Crippen LogP contribution in [0.1, 0.15) is 48.3 Å². The number of aromatic nitrogens is 4. The number of hydrogen-bond donors (Lipinski definition) is 1. The smallest absolute Gasteiger partial charge is 0.251 e. The molecule has 1 saturated carbocycles. The zero-order valence-electron chi connectivity index (χ0n) is 17.5. The largest absolute Gasteiger partial charge is 0.486 e. The second kappa shape index (κ2) is 9.53. The molecule has 2 fully saturated rings. The third kappa shape index (κ3) is 4.79. The van der Waals surface area contributed by atoms with E-state index in [0.29, 0.717) is 23.7 Å². The molecule has 0 spiro atoms. The predicted octanol–water partition coefficient (Wildman–Crippen LogP) is 1.55. The zero-order chi connectivity index (χ0) is 20.8. The molecule has 2 aliphatic rings. The van der Waals surface area contributed by atoms with Gasteiger partial charge in [-0.2, -0.15) is 0 Å². The predicted molar refractivity (Wildman–Crippen MR) is 110 cm³/mol. The maximum atomic E-state index is 12.8. The Labute approximate surface area is 176 Å². The van der Waals surface area contributed by atoms with Gasteiger partial charge in [0.05, 0.1) is 13.2 Å². The topological polar surface area (TPSA) is 94.4 Å². The Bertz CT molecular complexity index is 826. The fourth-order valence-electron chi connectivity index (χ4n) is 4.42. The molecule has 2 aromatic rings. The number of aryl methyl sites for hydroxylation is 1. The minimum Gasteiger partial charge on any atom is -0.486 e. The van der Waals surface area contributed by atoms with Gasteiger partial charge in [0.25, 0.3) is 5.91 Å². The first-order chi connectivity index (χ1) is 14.7. The fraction of sp³-hybridized carbons (Fsp3) is 0.619. The first kappa shape index (κ1) is 20.7. The molecule has 1 amide bonds. The van der Waals surface area contributed by atoms with Crippen LogP contribution in [0, 0.1) is 0 Å². The molecule has 2 heterocycles. The lowest BCUT2D eigenvalue weighted by molar-refractivity contribution is -0.0361. The number of hydrogen-bond acceptors (Lipinski definition) is 7. The second-order valence-electron chi connectivity index (χ2n) is 8.10. The molecule has 1 aliphatic carbocycles. The summed E-state index contributed by atoms with van der Waals surface area (Å²) >= 11 is 0. The van der Waals surface area contributed by atoms with E-state index in [2.05, 4.69) is 25.7 Å². The van der Waals surface area contributed by atoms with Gasteiger partial charge in [-0.05, 0) is 47.5 Å². The molecule has 1 aromatic carbocycles. The number of rotatable bonds is 7. The van der Waals surface area contributed by atoms with Gasteiger partial charge in [0.15, 0.2) is 5.82 Å². The summed E-state index contributed by atoms with van der Waals surface area (Å²) in [6, 6.07) is 7.19. The van der Waals surface area contributed by atoms with E-state index in [1.807, 2.05) is 0 Å². The van der Waals surface area contributed by atoms with Crippen molar-refractivity contribution in [2.24, 2.45) is 7.05 Å². The summed E-state index contributed by atoms with van der Waals surface area (Å²) in [6.07, 6.45) is 6.00. The maximum Gasteiger partial charge on any atom is 0.251 e. The van der Waals surface area contributed by atoms with Crippen LogP contribution in [-0.4, -0.2) is 69.4 Å². The summed E-state index contributed by atoms with van der Waals surface area (Å²) in [5.41, 5.74) is 0.695. The highest BCUT2D eigenvalue weighted by Gasteiger charge is 2.38. The molecule has 9 nitrogen and oxygen atoms in total. The van der Waals surface area contributed by atoms with Crippen LogP contribution in [0.2, 0.25) is 0 Å². The molecule has 1 saturated heterocycles. The average Bonchev–Trinajstić information content (AvgIpc) is 3.22. The van der Waals surface area contributed by atoms with Crippen molar-refractivity contribution in [2.45, 2.75) is 44.2 Å². The van der Waals surface area contributed by atoms with Crippen LogP contribution in [0.5, 0.6) is 5.75 Å². The van der Waals surface area contributed by atoms with Crippen LogP contribution in [0.3, 0.4) is 0 Å². The minimum atomic E-state index is -0.0442. The van der Waals surface area contributed by atoms with E-state index in [4.69, 9.17) is 9.47 Å². The standard InChI is InChI=1S/C21H30N6O3/c1-26-19(23-24-25-26)15-30-18-7-5-17(6-8-18)20(28)22-16-21(9-3-2-4-10-21)27-11-13-29-14-12-27/h5-8H,2-4,9-16H2,1H3,(H,22,28). The lowest BCUT2D eigenvalue weighted by Crippen LogP contribution is -2.59. The lowest BCUT2D eigenvalue weighted by atomic mass is 9.79. The Balaban J connectivity index is 1.33.